The number of hydrogen-bond acceptors (Lipinski definition) is 3. The number of nitrogens with one attached hydrogen (secondary N) is 1. The fourth-order valence-corrected chi connectivity index (χ4v) is 3.74. The molecular weight excluding hydrogens is 327 g/mol. The van der Waals surface area contributed by atoms with Crippen LogP contribution in [0.15, 0.2) is 59.6 Å². The highest BCUT2D eigenvalue weighted by atomic mass is 35.5. The Morgan fingerprint density at radius 3 is 2.68 bits per heavy atom. The molecule has 0 aliphatic carbocycles. The molecule has 1 N–H and O–H groups in total. The van der Waals surface area contributed by atoms with Gasteiger partial charge in [-0.2, -0.15) is 0 Å². The number of aromatic nitrogens is 1. The summed E-state index contributed by atoms with van der Waals surface area (Å²) < 4.78 is 40.8. The first-order valence-corrected chi connectivity index (χ1v) is 8.15. The van der Waals surface area contributed by atoms with Gasteiger partial charge in [-0.1, -0.05) is 23.7 Å². The van der Waals surface area contributed by atoms with Crippen LogP contribution in [0.25, 0.3) is 10.9 Å². The van der Waals surface area contributed by atoms with Crippen molar-refractivity contribution >= 4 is 38.2 Å². The van der Waals surface area contributed by atoms with E-state index in [4.69, 9.17) is 11.6 Å². The van der Waals surface area contributed by atoms with Gasteiger partial charge in [-0.15, -0.1) is 0 Å². The molecule has 2 aromatic carbocycles. The third kappa shape index (κ3) is 2.75. The van der Waals surface area contributed by atoms with Gasteiger partial charge in [0.1, 0.15) is 10.7 Å². The van der Waals surface area contributed by atoms with Crippen molar-refractivity contribution in [1.82, 2.24) is 4.98 Å². The molecule has 0 saturated heterocycles. The van der Waals surface area contributed by atoms with E-state index in [0.29, 0.717) is 5.69 Å². The molecule has 1 heterocycles. The Morgan fingerprint density at radius 2 is 1.91 bits per heavy atom. The van der Waals surface area contributed by atoms with Crippen molar-refractivity contribution in [1.29, 1.82) is 0 Å². The first-order chi connectivity index (χ1) is 10.5. The van der Waals surface area contributed by atoms with Gasteiger partial charge in [-0.25, -0.2) is 12.8 Å². The molecule has 0 bridgehead atoms. The highest BCUT2D eigenvalue weighted by Crippen LogP contribution is 2.27. The zero-order chi connectivity index (χ0) is 15.7. The first kappa shape index (κ1) is 14.7. The quantitative estimate of drug-likeness (QED) is 0.790. The van der Waals surface area contributed by atoms with E-state index in [9.17, 15) is 12.8 Å². The Labute approximate surface area is 131 Å². The van der Waals surface area contributed by atoms with E-state index in [1.54, 1.807) is 36.5 Å². The van der Waals surface area contributed by atoms with Crippen LogP contribution in [0.2, 0.25) is 5.02 Å². The van der Waals surface area contributed by atoms with Crippen molar-refractivity contribution in [2.75, 3.05) is 4.72 Å². The molecule has 0 fully saturated rings. The van der Waals surface area contributed by atoms with Crippen molar-refractivity contribution in [3.63, 3.8) is 0 Å². The number of halogens is 2. The van der Waals surface area contributed by atoms with Gasteiger partial charge < -0.3 is 0 Å². The van der Waals surface area contributed by atoms with Crippen LogP contribution in [0, 0.1) is 5.82 Å². The zero-order valence-corrected chi connectivity index (χ0v) is 12.7. The van der Waals surface area contributed by atoms with Gasteiger partial charge in [0.15, 0.2) is 0 Å². The molecule has 0 aliphatic rings. The second-order valence-electron chi connectivity index (χ2n) is 4.57. The lowest BCUT2D eigenvalue weighted by molar-refractivity contribution is 0.570. The Kier molecular flexibility index (Phi) is 3.72. The summed E-state index contributed by atoms with van der Waals surface area (Å²) in [5.41, 5.74) is 1.04. The highest BCUT2D eigenvalue weighted by molar-refractivity contribution is 7.92. The van der Waals surface area contributed by atoms with Crippen LogP contribution < -0.4 is 4.72 Å². The summed E-state index contributed by atoms with van der Waals surface area (Å²) in [5.74, 6) is -0.901. The Morgan fingerprint density at radius 1 is 1.09 bits per heavy atom. The summed E-state index contributed by atoms with van der Waals surface area (Å²) in [6, 6.07) is 12.1. The van der Waals surface area contributed by atoms with Gasteiger partial charge in [-0.3, -0.25) is 9.71 Å². The third-order valence-electron chi connectivity index (χ3n) is 3.04. The van der Waals surface area contributed by atoms with Crippen LogP contribution >= 0.6 is 11.6 Å². The minimum atomic E-state index is -4.12. The Balaban J connectivity index is 2.03. The van der Waals surface area contributed by atoms with Crippen LogP contribution in [-0.4, -0.2) is 13.4 Å². The monoisotopic (exact) mass is 336 g/mol. The summed E-state index contributed by atoms with van der Waals surface area (Å²) in [6.07, 6.45) is 1.64. The molecule has 0 aliphatic heterocycles. The van der Waals surface area contributed by atoms with Crippen molar-refractivity contribution in [2.45, 2.75) is 4.90 Å². The van der Waals surface area contributed by atoms with E-state index >= 15 is 0 Å². The van der Waals surface area contributed by atoms with E-state index in [1.165, 1.54) is 12.1 Å². The standard InChI is InChI=1S/C15H10ClFN2O2S/c16-12-4-1-5-13(17)15(12)22(20,21)19-11-6-7-14-10(9-11)3-2-8-18-14/h1-9,19H. The average molecular weight is 337 g/mol. The third-order valence-corrected chi connectivity index (χ3v) is 4.93. The number of nitrogens with zero attached hydrogens (tertiary/aromatic N) is 1. The fourth-order valence-electron chi connectivity index (χ4n) is 2.08. The maximum absolute atomic E-state index is 13.8. The van der Waals surface area contributed by atoms with E-state index in [2.05, 4.69) is 9.71 Å². The summed E-state index contributed by atoms with van der Waals surface area (Å²) in [7, 11) is -4.12. The predicted molar refractivity (Wildman–Crippen MR) is 84.0 cm³/mol. The van der Waals surface area contributed by atoms with Gasteiger partial charge >= 0.3 is 0 Å². The summed E-state index contributed by atoms with van der Waals surface area (Å²) in [6.45, 7) is 0. The molecule has 1 aromatic heterocycles. The van der Waals surface area contributed by atoms with E-state index in [0.717, 1.165) is 17.0 Å². The second kappa shape index (κ2) is 5.55. The topological polar surface area (TPSA) is 59.1 Å². The van der Waals surface area contributed by atoms with Crippen molar-refractivity contribution in [3.05, 3.63) is 65.6 Å². The molecule has 112 valence electrons. The molecule has 4 nitrogen and oxygen atoms in total. The van der Waals surface area contributed by atoms with Gasteiger partial charge in [0, 0.05) is 17.3 Å². The Bertz CT molecular complexity index is 940. The molecule has 0 radical (unpaired) electrons. The minimum absolute atomic E-state index is 0.171. The number of hydrogen-bond donors (Lipinski definition) is 1. The van der Waals surface area contributed by atoms with E-state index < -0.39 is 20.7 Å². The summed E-state index contributed by atoms with van der Waals surface area (Å²) in [4.78, 5) is 3.58. The van der Waals surface area contributed by atoms with E-state index in [-0.39, 0.29) is 5.02 Å². The molecule has 3 aromatic rings. The first-order valence-electron chi connectivity index (χ1n) is 6.29. The van der Waals surface area contributed by atoms with Crippen molar-refractivity contribution in [3.8, 4) is 0 Å². The lowest BCUT2D eigenvalue weighted by atomic mass is 10.2. The van der Waals surface area contributed by atoms with Gasteiger partial charge in [-0.05, 0) is 36.4 Å². The number of anilines is 1. The summed E-state index contributed by atoms with van der Waals surface area (Å²) in [5, 5.41) is 0.595. The largest absolute Gasteiger partial charge is 0.279 e. The molecule has 0 atom stereocenters. The fraction of sp³-hybridized carbons (Fsp3) is 0. The maximum Gasteiger partial charge on any atom is 0.266 e. The highest BCUT2D eigenvalue weighted by Gasteiger charge is 2.22. The number of sulfonamides is 1. The van der Waals surface area contributed by atoms with Crippen LogP contribution in [0.4, 0.5) is 10.1 Å². The van der Waals surface area contributed by atoms with E-state index in [1.807, 2.05) is 0 Å². The van der Waals surface area contributed by atoms with Crippen molar-refractivity contribution in [2.24, 2.45) is 0 Å². The van der Waals surface area contributed by atoms with Crippen LogP contribution in [-0.2, 0) is 10.0 Å². The second-order valence-corrected chi connectivity index (χ2v) is 6.59. The molecule has 7 heteroatoms. The number of fused-ring (bicyclic) bond motifs is 1. The van der Waals surface area contributed by atoms with Crippen LogP contribution in [0.5, 0.6) is 0 Å². The SMILES string of the molecule is O=S(=O)(Nc1ccc2ncccc2c1)c1c(F)cccc1Cl. The lowest BCUT2D eigenvalue weighted by Crippen LogP contribution is -2.15. The molecule has 22 heavy (non-hydrogen) atoms. The normalized spacial score (nSPS) is 11.5. The average Bonchev–Trinajstić information content (AvgIpc) is 2.46. The lowest BCUT2D eigenvalue weighted by Gasteiger charge is -2.10. The van der Waals surface area contributed by atoms with Crippen LogP contribution in [0.1, 0.15) is 0 Å². The van der Waals surface area contributed by atoms with Gasteiger partial charge in [0.25, 0.3) is 10.0 Å². The molecule has 0 unspecified atom stereocenters. The zero-order valence-electron chi connectivity index (χ0n) is 11.1. The molecule has 3 rings (SSSR count). The molecular formula is C15H10ClFN2O2S. The number of pyridine rings is 1. The molecule has 0 saturated carbocycles. The number of benzene rings is 2. The van der Waals surface area contributed by atoms with Gasteiger partial charge in [0.05, 0.1) is 10.5 Å². The Hall–Kier alpha value is -2.18. The smallest absolute Gasteiger partial charge is 0.266 e. The van der Waals surface area contributed by atoms with Crippen LogP contribution in [0.3, 0.4) is 0 Å². The predicted octanol–water partition coefficient (Wildman–Crippen LogP) is 3.83. The minimum Gasteiger partial charge on any atom is -0.279 e. The number of rotatable bonds is 3. The maximum atomic E-state index is 13.8. The molecule has 0 spiro atoms. The molecule has 0 amide bonds. The van der Waals surface area contributed by atoms with Gasteiger partial charge in [0.2, 0.25) is 0 Å². The summed E-state index contributed by atoms with van der Waals surface area (Å²) >= 11 is 5.81. The van der Waals surface area contributed by atoms with Crippen molar-refractivity contribution < 1.29 is 12.8 Å².